The van der Waals surface area contributed by atoms with E-state index in [0.29, 0.717) is 6.54 Å². The van der Waals surface area contributed by atoms with Crippen LogP contribution in [0.1, 0.15) is 20.3 Å². The molecule has 2 atom stereocenters. The Hall–Kier alpha value is -1.63. The van der Waals surface area contributed by atoms with Crippen molar-refractivity contribution in [1.82, 2.24) is 10.2 Å². The molecule has 1 saturated heterocycles. The highest BCUT2D eigenvalue weighted by molar-refractivity contribution is 5.83. The number of piperidine rings is 1. The van der Waals surface area contributed by atoms with Gasteiger partial charge in [0.15, 0.2) is 0 Å². The fourth-order valence-corrected chi connectivity index (χ4v) is 2.13. The molecule has 0 aromatic carbocycles. The average Bonchev–Trinajstić information content (AvgIpc) is 2.34. The highest BCUT2D eigenvalue weighted by atomic mass is 16.4. The molecule has 19 heavy (non-hydrogen) atoms. The molecule has 0 saturated carbocycles. The van der Waals surface area contributed by atoms with Crippen molar-refractivity contribution in [3.8, 4) is 0 Å². The summed E-state index contributed by atoms with van der Waals surface area (Å²) in [6.07, 6.45) is 0.180. The number of nitrogens with one attached hydrogen (secondary N) is 1. The third-order valence-corrected chi connectivity index (χ3v) is 3.26. The van der Waals surface area contributed by atoms with Crippen LogP contribution in [0.25, 0.3) is 0 Å². The molecule has 0 spiro atoms. The minimum Gasteiger partial charge on any atom is -0.481 e. The predicted molar refractivity (Wildman–Crippen MR) is 66.6 cm³/mol. The molecule has 1 amide bonds. The van der Waals surface area contributed by atoms with E-state index in [2.05, 4.69) is 5.32 Å². The van der Waals surface area contributed by atoms with Crippen LogP contribution in [0.2, 0.25) is 0 Å². The zero-order chi connectivity index (χ0) is 14.6. The second kappa shape index (κ2) is 6.51. The SMILES string of the molecule is CC(C)NCC(=O)N1CCC(C(=O)O)C(C(=O)O)C1. The molecular formula is C12H20N2O5. The molecular weight excluding hydrogens is 252 g/mol. The maximum Gasteiger partial charge on any atom is 0.309 e. The van der Waals surface area contributed by atoms with Crippen LogP contribution >= 0.6 is 0 Å². The number of carboxylic acids is 2. The van der Waals surface area contributed by atoms with Crippen LogP contribution in [-0.4, -0.2) is 58.6 Å². The van der Waals surface area contributed by atoms with Crippen LogP contribution < -0.4 is 5.32 Å². The van der Waals surface area contributed by atoms with E-state index in [0.717, 1.165) is 0 Å². The molecule has 1 aliphatic rings. The summed E-state index contributed by atoms with van der Waals surface area (Å²) in [5, 5.41) is 21.0. The maximum atomic E-state index is 11.9. The zero-order valence-electron chi connectivity index (χ0n) is 11.1. The second-order valence-corrected chi connectivity index (χ2v) is 5.05. The minimum atomic E-state index is -1.17. The van der Waals surface area contributed by atoms with Crippen molar-refractivity contribution in [3.63, 3.8) is 0 Å². The summed E-state index contributed by atoms with van der Waals surface area (Å²) in [5.74, 6) is -4.42. The van der Waals surface area contributed by atoms with Crippen molar-refractivity contribution >= 4 is 17.8 Å². The van der Waals surface area contributed by atoms with E-state index in [9.17, 15) is 14.4 Å². The monoisotopic (exact) mass is 272 g/mol. The molecule has 1 aliphatic heterocycles. The van der Waals surface area contributed by atoms with Crippen molar-refractivity contribution in [2.45, 2.75) is 26.3 Å². The van der Waals surface area contributed by atoms with Crippen LogP contribution in [0.5, 0.6) is 0 Å². The predicted octanol–water partition coefficient (Wildman–Crippen LogP) is -0.382. The van der Waals surface area contributed by atoms with Gasteiger partial charge in [-0.1, -0.05) is 13.8 Å². The number of amides is 1. The number of aliphatic carboxylic acids is 2. The van der Waals surface area contributed by atoms with Gasteiger partial charge in [0.05, 0.1) is 18.4 Å². The van der Waals surface area contributed by atoms with E-state index in [-0.39, 0.29) is 31.5 Å². The number of carbonyl (C=O) groups excluding carboxylic acids is 1. The minimum absolute atomic E-state index is 0.0368. The highest BCUT2D eigenvalue weighted by Crippen LogP contribution is 2.24. The molecule has 1 fully saturated rings. The first-order chi connectivity index (χ1) is 8.82. The molecule has 0 aliphatic carbocycles. The number of hydrogen-bond acceptors (Lipinski definition) is 4. The Balaban J connectivity index is 2.63. The standard InChI is InChI=1S/C12H20N2O5/c1-7(2)13-5-10(15)14-4-3-8(11(16)17)9(6-14)12(18)19/h7-9,13H,3-6H2,1-2H3,(H,16,17)(H,18,19). The number of nitrogens with zero attached hydrogens (tertiary/aromatic N) is 1. The summed E-state index contributed by atoms with van der Waals surface area (Å²) in [5.41, 5.74) is 0. The summed E-state index contributed by atoms with van der Waals surface area (Å²) in [7, 11) is 0. The van der Waals surface area contributed by atoms with Gasteiger partial charge in [0.25, 0.3) is 0 Å². The van der Waals surface area contributed by atoms with E-state index in [4.69, 9.17) is 10.2 Å². The van der Waals surface area contributed by atoms with Gasteiger partial charge in [0, 0.05) is 19.1 Å². The Morgan fingerprint density at radius 3 is 2.26 bits per heavy atom. The van der Waals surface area contributed by atoms with Crippen molar-refractivity contribution < 1.29 is 24.6 Å². The number of rotatable bonds is 5. The van der Waals surface area contributed by atoms with E-state index < -0.39 is 23.8 Å². The van der Waals surface area contributed by atoms with Gasteiger partial charge in [-0.15, -0.1) is 0 Å². The number of carbonyl (C=O) groups is 3. The smallest absolute Gasteiger partial charge is 0.309 e. The summed E-state index contributed by atoms with van der Waals surface area (Å²) in [6.45, 7) is 4.21. The first kappa shape index (κ1) is 15.4. The third kappa shape index (κ3) is 4.20. The number of carboxylic acid groups (broad SMARTS) is 2. The Morgan fingerprint density at radius 2 is 1.79 bits per heavy atom. The van der Waals surface area contributed by atoms with Crippen LogP contribution in [-0.2, 0) is 14.4 Å². The van der Waals surface area contributed by atoms with Gasteiger partial charge in [-0.25, -0.2) is 0 Å². The van der Waals surface area contributed by atoms with Gasteiger partial charge in [-0.2, -0.15) is 0 Å². The van der Waals surface area contributed by atoms with Crippen molar-refractivity contribution in [1.29, 1.82) is 0 Å². The summed E-state index contributed by atoms with van der Waals surface area (Å²) in [6, 6.07) is 0.163. The number of hydrogen-bond donors (Lipinski definition) is 3. The molecule has 0 aromatic heterocycles. The van der Waals surface area contributed by atoms with Gasteiger partial charge in [-0.05, 0) is 6.42 Å². The lowest BCUT2D eigenvalue weighted by atomic mass is 9.85. The summed E-state index contributed by atoms with van der Waals surface area (Å²) < 4.78 is 0. The molecule has 108 valence electrons. The molecule has 7 heteroatoms. The Kier molecular flexibility index (Phi) is 5.29. The van der Waals surface area contributed by atoms with E-state index in [1.54, 1.807) is 0 Å². The molecule has 0 radical (unpaired) electrons. The quantitative estimate of drug-likeness (QED) is 0.629. The second-order valence-electron chi connectivity index (χ2n) is 5.05. The maximum absolute atomic E-state index is 11.9. The summed E-state index contributed by atoms with van der Waals surface area (Å²) in [4.78, 5) is 35.4. The van der Waals surface area contributed by atoms with E-state index in [1.807, 2.05) is 13.8 Å². The fourth-order valence-electron chi connectivity index (χ4n) is 2.13. The number of likely N-dealkylation sites (tertiary alicyclic amines) is 1. The average molecular weight is 272 g/mol. The Labute approximate surface area is 111 Å². The van der Waals surface area contributed by atoms with Crippen LogP contribution in [0, 0.1) is 11.8 Å². The molecule has 7 nitrogen and oxygen atoms in total. The Bertz CT molecular complexity index is 369. The van der Waals surface area contributed by atoms with E-state index >= 15 is 0 Å². The lowest BCUT2D eigenvalue weighted by Crippen LogP contribution is -2.51. The van der Waals surface area contributed by atoms with Crippen molar-refractivity contribution in [2.75, 3.05) is 19.6 Å². The topological polar surface area (TPSA) is 107 Å². The van der Waals surface area contributed by atoms with Crippen molar-refractivity contribution in [2.24, 2.45) is 11.8 Å². The first-order valence-corrected chi connectivity index (χ1v) is 6.29. The molecule has 0 bridgehead atoms. The van der Waals surface area contributed by atoms with Crippen LogP contribution in [0.15, 0.2) is 0 Å². The molecule has 1 rings (SSSR count). The molecule has 3 N–H and O–H groups in total. The largest absolute Gasteiger partial charge is 0.481 e. The molecule has 1 heterocycles. The Morgan fingerprint density at radius 1 is 1.21 bits per heavy atom. The highest BCUT2D eigenvalue weighted by Gasteiger charge is 2.39. The lowest BCUT2D eigenvalue weighted by Gasteiger charge is -2.34. The zero-order valence-corrected chi connectivity index (χ0v) is 11.1. The van der Waals surface area contributed by atoms with Crippen LogP contribution in [0.4, 0.5) is 0 Å². The first-order valence-electron chi connectivity index (χ1n) is 6.29. The van der Waals surface area contributed by atoms with Gasteiger partial charge >= 0.3 is 11.9 Å². The van der Waals surface area contributed by atoms with Crippen molar-refractivity contribution in [3.05, 3.63) is 0 Å². The van der Waals surface area contributed by atoms with Crippen LogP contribution in [0.3, 0.4) is 0 Å². The van der Waals surface area contributed by atoms with E-state index in [1.165, 1.54) is 4.90 Å². The fraction of sp³-hybridized carbons (Fsp3) is 0.750. The molecule has 2 unspecified atom stereocenters. The summed E-state index contributed by atoms with van der Waals surface area (Å²) >= 11 is 0. The van der Waals surface area contributed by atoms with Gasteiger partial charge in [0.1, 0.15) is 0 Å². The van der Waals surface area contributed by atoms with Gasteiger partial charge in [-0.3, -0.25) is 14.4 Å². The molecule has 0 aromatic rings. The lowest BCUT2D eigenvalue weighted by molar-refractivity contribution is -0.159. The third-order valence-electron chi connectivity index (χ3n) is 3.26. The van der Waals surface area contributed by atoms with Gasteiger partial charge < -0.3 is 20.4 Å². The van der Waals surface area contributed by atoms with Gasteiger partial charge in [0.2, 0.25) is 5.91 Å². The normalized spacial score (nSPS) is 23.4.